The number of hydrogen-bond acceptors (Lipinski definition) is 1. The standard InChI is InChI=1S/C24H22ClNO/c1-16-15-17(13-14-24(2,3)4)11-12-18(16)23(27)26-22-10-6-7-19-20(22)8-5-9-21(19)25/h5-12,15H,1-4H3,(H,26,27). The number of amides is 1. The van der Waals surface area contributed by atoms with E-state index < -0.39 is 0 Å². The summed E-state index contributed by atoms with van der Waals surface area (Å²) in [5.74, 6) is 6.25. The molecule has 0 saturated heterocycles. The second kappa shape index (κ2) is 7.47. The average Bonchev–Trinajstić information content (AvgIpc) is 2.60. The number of hydrogen-bond donors (Lipinski definition) is 1. The number of benzene rings is 3. The lowest BCUT2D eigenvalue weighted by molar-refractivity contribution is 0.102. The molecule has 2 nitrogen and oxygen atoms in total. The van der Waals surface area contributed by atoms with E-state index in [-0.39, 0.29) is 11.3 Å². The van der Waals surface area contributed by atoms with Gasteiger partial charge in [0.1, 0.15) is 0 Å². The van der Waals surface area contributed by atoms with Gasteiger partial charge in [0.25, 0.3) is 5.91 Å². The van der Waals surface area contributed by atoms with Gasteiger partial charge < -0.3 is 5.32 Å². The molecular weight excluding hydrogens is 354 g/mol. The van der Waals surface area contributed by atoms with Crippen molar-refractivity contribution < 1.29 is 4.79 Å². The minimum Gasteiger partial charge on any atom is -0.321 e. The van der Waals surface area contributed by atoms with E-state index >= 15 is 0 Å². The SMILES string of the molecule is Cc1cc(C#CC(C)(C)C)ccc1C(=O)Nc1cccc2c(Cl)cccc12. The lowest BCUT2D eigenvalue weighted by atomic mass is 9.97. The Labute approximate surface area is 165 Å². The second-order valence-corrected chi connectivity index (χ2v) is 8.03. The number of carbonyl (C=O) groups excluding carboxylic acids is 1. The van der Waals surface area contributed by atoms with Crippen molar-refractivity contribution in [2.45, 2.75) is 27.7 Å². The summed E-state index contributed by atoms with van der Waals surface area (Å²) in [6.45, 7) is 8.15. The van der Waals surface area contributed by atoms with Gasteiger partial charge in [-0.2, -0.15) is 0 Å². The van der Waals surface area contributed by atoms with Crippen LogP contribution in [-0.2, 0) is 0 Å². The van der Waals surface area contributed by atoms with E-state index in [0.717, 1.165) is 27.6 Å². The quantitative estimate of drug-likeness (QED) is 0.512. The topological polar surface area (TPSA) is 29.1 Å². The van der Waals surface area contributed by atoms with Gasteiger partial charge >= 0.3 is 0 Å². The Bertz CT molecular complexity index is 1080. The zero-order chi connectivity index (χ0) is 19.6. The van der Waals surface area contributed by atoms with Gasteiger partial charge in [-0.15, -0.1) is 0 Å². The number of fused-ring (bicyclic) bond motifs is 1. The first-order chi connectivity index (χ1) is 12.7. The van der Waals surface area contributed by atoms with E-state index in [1.807, 2.05) is 61.5 Å². The van der Waals surface area contributed by atoms with E-state index in [4.69, 9.17) is 11.6 Å². The highest BCUT2D eigenvalue weighted by Gasteiger charge is 2.12. The molecule has 1 amide bonds. The van der Waals surface area contributed by atoms with E-state index in [1.165, 1.54) is 0 Å². The van der Waals surface area contributed by atoms with Crippen molar-refractivity contribution in [1.29, 1.82) is 0 Å². The summed E-state index contributed by atoms with van der Waals surface area (Å²) < 4.78 is 0. The third-order valence-electron chi connectivity index (χ3n) is 4.17. The maximum atomic E-state index is 12.8. The van der Waals surface area contributed by atoms with Gasteiger partial charge in [-0.05, 0) is 63.6 Å². The number of nitrogens with one attached hydrogen (secondary N) is 1. The summed E-state index contributed by atoms with van der Waals surface area (Å²) in [6, 6.07) is 17.1. The van der Waals surface area contributed by atoms with Crippen LogP contribution >= 0.6 is 11.6 Å². The third kappa shape index (κ3) is 4.51. The Kier molecular flexibility index (Phi) is 5.26. The number of anilines is 1. The van der Waals surface area contributed by atoms with Crippen LogP contribution in [0.3, 0.4) is 0 Å². The highest BCUT2D eigenvalue weighted by atomic mass is 35.5. The number of carbonyl (C=O) groups is 1. The molecule has 0 atom stereocenters. The van der Waals surface area contributed by atoms with Crippen LogP contribution in [0.5, 0.6) is 0 Å². The molecule has 3 rings (SSSR count). The Balaban J connectivity index is 1.89. The van der Waals surface area contributed by atoms with Crippen molar-refractivity contribution in [3.63, 3.8) is 0 Å². The molecule has 0 bridgehead atoms. The summed E-state index contributed by atoms with van der Waals surface area (Å²) in [5.41, 5.74) is 3.13. The average molecular weight is 376 g/mol. The summed E-state index contributed by atoms with van der Waals surface area (Å²) in [7, 11) is 0. The number of rotatable bonds is 2. The van der Waals surface area contributed by atoms with Crippen molar-refractivity contribution in [2.75, 3.05) is 5.32 Å². The Hall–Kier alpha value is -2.76. The van der Waals surface area contributed by atoms with Crippen molar-refractivity contribution >= 4 is 34.0 Å². The molecule has 0 aliphatic carbocycles. The fourth-order valence-corrected chi connectivity index (χ4v) is 3.06. The van der Waals surface area contributed by atoms with Crippen LogP contribution in [-0.4, -0.2) is 5.91 Å². The molecular formula is C24H22ClNO. The van der Waals surface area contributed by atoms with Crippen LogP contribution in [0.4, 0.5) is 5.69 Å². The van der Waals surface area contributed by atoms with Crippen LogP contribution < -0.4 is 5.32 Å². The maximum Gasteiger partial charge on any atom is 0.255 e. The van der Waals surface area contributed by atoms with Crippen molar-refractivity contribution in [3.8, 4) is 11.8 Å². The Morgan fingerprint density at radius 1 is 1.00 bits per heavy atom. The van der Waals surface area contributed by atoms with Crippen molar-refractivity contribution in [3.05, 3.63) is 76.3 Å². The first-order valence-corrected chi connectivity index (χ1v) is 9.25. The van der Waals surface area contributed by atoms with E-state index in [0.29, 0.717) is 10.6 Å². The predicted molar refractivity (Wildman–Crippen MR) is 114 cm³/mol. The molecule has 3 heteroatoms. The van der Waals surface area contributed by atoms with E-state index in [9.17, 15) is 4.79 Å². The molecule has 0 radical (unpaired) electrons. The summed E-state index contributed by atoms with van der Waals surface area (Å²) in [5, 5.41) is 5.52. The fourth-order valence-electron chi connectivity index (χ4n) is 2.83. The first kappa shape index (κ1) is 19.0. The lowest BCUT2D eigenvalue weighted by Gasteiger charge is -2.11. The van der Waals surface area contributed by atoms with Gasteiger partial charge in [-0.25, -0.2) is 0 Å². The largest absolute Gasteiger partial charge is 0.321 e. The molecule has 0 heterocycles. The molecule has 136 valence electrons. The summed E-state index contributed by atoms with van der Waals surface area (Å²) in [4.78, 5) is 12.8. The van der Waals surface area contributed by atoms with Gasteiger partial charge in [0, 0.05) is 38.0 Å². The number of aryl methyl sites for hydroxylation is 1. The molecule has 0 spiro atoms. The highest BCUT2D eigenvalue weighted by molar-refractivity contribution is 6.36. The normalized spacial score (nSPS) is 11.0. The molecule has 0 aliphatic rings. The first-order valence-electron chi connectivity index (χ1n) is 8.87. The summed E-state index contributed by atoms with van der Waals surface area (Å²) >= 11 is 6.26. The Morgan fingerprint density at radius 2 is 1.70 bits per heavy atom. The maximum absolute atomic E-state index is 12.8. The van der Waals surface area contributed by atoms with E-state index in [2.05, 4.69) is 37.9 Å². The van der Waals surface area contributed by atoms with Gasteiger partial charge in [-0.3, -0.25) is 4.79 Å². The molecule has 0 saturated carbocycles. The van der Waals surface area contributed by atoms with Gasteiger partial charge in [0.2, 0.25) is 0 Å². The minimum absolute atomic E-state index is 0.0560. The molecule has 3 aromatic rings. The monoisotopic (exact) mass is 375 g/mol. The molecule has 1 N–H and O–H groups in total. The van der Waals surface area contributed by atoms with E-state index in [1.54, 1.807) is 0 Å². The molecule has 0 aromatic heterocycles. The fraction of sp³-hybridized carbons (Fsp3) is 0.208. The van der Waals surface area contributed by atoms with Crippen LogP contribution in [0.2, 0.25) is 5.02 Å². The second-order valence-electron chi connectivity index (χ2n) is 7.62. The van der Waals surface area contributed by atoms with Gasteiger partial charge in [-0.1, -0.05) is 47.7 Å². The van der Waals surface area contributed by atoms with Crippen molar-refractivity contribution in [1.82, 2.24) is 0 Å². The predicted octanol–water partition coefficient (Wildman–Crippen LogP) is 6.45. The Morgan fingerprint density at radius 3 is 2.41 bits per heavy atom. The highest BCUT2D eigenvalue weighted by Crippen LogP contribution is 2.29. The molecule has 0 aliphatic heterocycles. The summed E-state index contributed by atoms with van der Waals surface area (Å²) in [6.07, 6.45) is 0. The van der Waals surface area contributed by atoms with Crippen LogP contribution in [0.15, 0.2) is 54.6 Å². The van der Waals surface area contributed by atoms with Crippen LogP contribution in [0.1, 0.15) is 42.3 Å². The van der Waals surface area contributed by atoms with Crippen LogP contribution in [0.25, 0.3) is 10.8 Å². The van der Waals surface area contributed by atoms with Gasteiger partial charge in [0.15, 0.2) is 0 Å². The molecule has 0 fully saturated rings. The molecule has 3 aromatic carbocycles. The van der Waals surface area contributed by atoms with Crippen LogP contribution in [0, 0.1) is 24.2 Å². The zero-order valence-corrected chi connectivity index (χ0v) is 16.7. The molecule has 27 heavy (non-hydrogen) atoms. The zero-order valence-electron chi connectivity index (χ0n) is 16.0. The third-order valence-corrected chi connectivity index (χ3v) is 4.50. The number of halogens is 1. The smallest absolute Gasteiger partial charge is 0.255 e. The molecule has 0 unspecified atom stereocenters. The minimum atomic E-state index is -0.143. The lowest BCUT2D eigenvalue weighted by Crippen LogP contribution is -2.13. The van der Waals surface area contributed by atoms with Crippen molar-refractivity contribution in [2.24, 2.45) is 5.41 Å². The van der Waals surface area contributed by atoms with Gasteiger partial charge in [0.05, 0.1) is 0 Å².